The van der Waals surface area contributed by atoms with Gasteiger partial charge in [-0.3, -0.25) is 9.79 Å². The van der Waals surface area contributed by atoms with Crippen LogP contribution in [0.5, 0.6) is 0 Å². The predicted molar refractivity (Wildman–Crippen MR) is 101 cm³/mol. The van der Waals surface area contributed by atoms with Crippen molar-refractivity contribution in [3.63, 3.8) is 0 Å². The van der Waals surface area contributed by atoms with Crippen LogP contribution in [-0.2, 0) is 9.53 Å². The monoisotopic (exact) mass is 426 g/mol. The van der Waals surface area contributed by atoms with Gasteiger partial charge in [0.1, 0.15) is 0 Å². The normalized spacial score (nSPS) is 18.5. The lowest BCUT2D eigenvalue weighted by Crippen LogP contribution is -2.43. The van der Waals surface area contributed by atoms with Gasteiger partial charge in [-0.2, -0.15) is 0 Å². The third-order valence-corrected chi connectivity index (χ3v) is 3.45. The molecule has 1 atom stereocenters. The van der Waals surface area contributed by atoms with Gasteiger partial charge in [-0.15, -0.1) is 24.0 Å². The third-order valence-electron chi connectivity index (χ3n) is 3.45. The Labute approximate surface area is 151 Å². The summed E-state index contributed by atoms with van der Waals surface area (Å²) in [5, 5.41) is 9.34. The molecule has 0 aromatic rings. The van der Waals surface area contributed by atoms with E-state index in [1.165, 1.54) is 0 Å². The lowest BCUT2D eigenvalue weighted by molar-refractivity contribution is -0.128. The first-order valence-electron chi connectivity index (χ1n) is 7.91. The molecule has 1 aliphatic rings. The number of carbonyl (C=O) groups excluding carboxylic acids is 1. The predicted octanol–water partition coefficient (Wildman–Crippen LogP) is 1.50. The summed E-state index contributed by atoms with van der Waals surface area (Å²) in [6.45, 7) is 11.2. The molecule has 0 bridgehead atoms. The summed E-state index contributed by atoms with van der Waals surface area (Å²) in [5.74, 6) is 0.772. The first kappa shape index (κ1) is 21.4. The van der Waals surface area contributed by atoms with Gasteiger partial charge in [0.2, 0.25) is 5.91 Å². The van der Waals surface area contributed by atoms with E-state index in [0.717, 1.165) is 38.5 Å². The van der Waals surface area contributed by atoms with Crippen molar-refractivity contribution in [3.05, 3.63) is 0 Å². The van der Waals surface area contributed by atoms with Crippen molar-refractivity contribution in [2.24, 2.45) is 10.4 Å². The van der Waals surface area contributed by atoms with E-state index < -0.39 is 5.41 Å². The maximum absolute atomic E-state index is 12.0. The SMILES string of the molecule is CCNC(=O)C(C)(C)CN=C(NCC)NCC1CCCO1.I. The summed E-state index contributed by atoms with van der Waals surface area (Å²) >= 11 is 0. The Morgan fingerprint density at radius 1 is 1.23 bits per heavy atom. The summed E-state index contributed by atoms with van der Waals surface area (Å²) in [7, 11) is 0. The van der Waals surface area contributed by atoms with Gasteiger partial charge in [0, 0.05) is 26.2 Å². The molecule has 1 amide bonds. The number of hydrogen-bond acceptors (Lipinski definition) is 3. The molecule has 0 aromatic carbocycles. The van der Waals surface area contributed by atoms with Gasteiger partial charge in [0.25, 0.3) is 0 Å². The number of halogens is 1. The van der Waals surface area contributed by atoms with Crippen LogP contribution >= 0.6 is 24.0 Å². The molecule has 1 aliphatic heterocycles. The molecular formula is C15H31IN4O2. The molecule has 1 fully saturated rings. The molecule has 1 unspecified atom stereocenters. The minimum Gasteiger partial charge on any atom is -0.376 e. The van der Waals surface area contributed by atoms with Gasteiger partial charge in [-0.25, -0.2) is 0 Å². The van der Waals surface area contributed by atoms with Crippen LogP contribution in [0.4, 0.5) is 0 Å². The van der Waals surface area contributed by atoms with Gasteiger partial charge >= 0.3 is 0 Å². The Hall–Kier alpha value is -0.570. The fourth-order valence-electron chi connectivity index (χ4n) is 2.11. The van der Waals surface area contributed by atoms with Gasteiger partial charge in [0.15, 0.2) is 5.96 Å². The van der Waals surface area contributed by atoms with Crippen molar-refractivity contribution in [2.45, 2.75) is 46.6 Å². The smallest absolute Gasteiger partial charge is 0.227 e. The average Bonchev–Trinajstić information content (AvgIpc) is 2.95. The van der Waals surface area contributed by atoms with E-state index in [2.05, 4.69) is 20.9 Å². The van der Waals surface area contributed by atoms with Crippen molar-refractivity contribution in [1.29, 1.82) is 0 Å². The second kappa shape index (κ2) is 11.0. The molecule has 22 heavy (non-hydrogen) atoms. The number of ether oxygens (including phenoxy) is 1. The van der Waals surface area contributed by atoms with Crippen LogP contribution in [0, 0.1) is 5.41 Å². The van der Waals surface area contributed by atoms with E-state index in [1.54, 1.807) is 0 Å². The largest absolute Gasteiger partial charge is 0.376 e. The first-order valence-corrected chi connectivity index (χ1v) is 7.91. The topological polar surface area (TPSA) is 74.8 Å². The van der Waals surface area contributed by atoms with E-state index in [-0.39, 0.29) is 36.0 Å². The fourth-order valence-corrected chi connectivity index (χ4v) is 2.11. The number of guanidine groups is 1. The Balaban J connectivity index is 0.00000441. The van der Waals surface area contributed by atoms with Crippen molar-refractivity contribution in [3.8, 4) is 0 Å². The standard InChI is InChI=1S/C15H30N4O2.HI/c1-5-16-13(20)15(3,4)11-19-14(17-6-2)18-10-12-8-7-9-21-12;/h12H,5-11H2,1-4H3,(H,16,20)(H2,17,18,19);1H. The third kappa shape index (κ3) is 7.62. The lowest BCUT2D eigenvalue weighted by atomic mass is 9.92. The summed E-state index contributed by atoms with van der Waals surface area (Å²) in [5.41, 5.74) is -0.512. The average molecular weight is 426 g/mol. The summed E-state index contributed by atoms with van der Waals surface area (Å²) in [6.07, 6.45) is 2.49. The van der Waals surface area contributed by atoms with Crippen LogP contribution in [0.25, 0.3) is 0 Å². The van der Waals surface area contributed by atoms with Gasteiger partial charge in [-0.1, -0.05) is 0 Å². The zero-order valence-electron chi connectivity index (χ0n) is 14.2. The molecule has 1 saturated heterocycles. The first-order chi connectivity index (χ1) is 9.99. The number of nitrogens with zero attached hydrogens (tertiary/aromatic N) is 1. The molecule has 1 heterocycles. The van der Waals surface area contributed by atoms with Crippen LogP contribution in [0.15, 0.2) is 4.99 Å². The number of carbonyl (C=O) groups is 1. The molecule has 1 rings (SSSR count). The highest BCUT2D eigenvalue weighted by Gasteiger charge is 2.27. The van der Waals surface area contributed by atoms with Crippen molar-refractivity contribution >= 4 is 35.8 Å². The number of rotatable bonds is 7. The van der Waals surface area contributed by atoms with E-state index in [0.29, 0.717) is 13.1 Å². The Bertz CT molecular complexity index is 355. The van der Waals surface area contributed by atoms with Crippen molar-refractivity contribution in [1.82, 2.24) is 16.0 Å². The molecular weight excluding hydrogens is 395 g/mol. The molecule has 3 N–H and O–H groups in total. The van der Waals surface area contributed by atoms with Crippen LogP contribution < -0.4 is 16.0 Å². The molecule has 0 aromatic heterocycles. The molecule has 0 spiro atoms. The van der Waals surface area contributed by atoms with Crippen molar-refractivity contribution in [2.75, 3.05) is 32.8 Å². The summed E-state index contributed by atoms with van der Waals surface area (Å²) < 4.78 is 5.59. The molecule has 0 saturated carbocycles. The maximum Gasteiger partial charge on any atom is 0.227 e. The number of nitrogens with one attached hydrogen (secondary N) is 3. The highest BCUT2D eigenvalue weighted by molar-refractivity contribution is 14.0. The molecule has 6 nitrogen and oxygen atoms in total. The Morgan fingerprint density at radius 3 is 2.45 bits per heavy atom. The quantitative estimate of drug-likeness (QED) is 0.328. The zero-order valence-corrected chi connectivity index (χ0v) is 16.5. The minimum atomic E-state index is -0.512. The van der Waals surface area contributed by atoms with E-state index in [1.807, 2.05) is 27.7 Å². The summed E-state index contributed by atoms with van der Waals surface area (Å²) in [6, 6.07) is 0. The number of amides is 1. The highest BCUT2D eigenvalue weighted by Crippen LogP contribution is 2.15. The lowest BCUT2D eigenvalue weighted by Gasteiger charge is -2.22. The Morgan fingerprint density at radius 2 is 1.91 bits per heavy atom. The van der Waals surface area contributed by atoms with Gasteiger partial charge < -0.3 is 20.7 Å². The fraction of sp³-hybridized carbons (Fsp3) is 0.867. The van der Waals surface area contributed by atoms with Crippen LogP contribution in [0.2, 0.25) is 0 Å². The van der Waals surface area contributed by atoms with Gasteiger partial charge in [0.05, 0.1) is 18.1 Å². The van der Waals surface area contributed by atoms with Gasteiger partial charge in [-0.05, 0) is 40.5 Å². The van der Waals surface area contributed by atoms with Crippen LogP contribution in [0.1, 0.15) is 40.5 Å². The number of hydrogen-bond donors (Lipinski definition) is 3. The van der Waals surface area contributed by atoms with E-state index in [4.69, 9.17) is 4.74 Å². The summed E-state index contributed by atoms with van der Waals surface area (Å²) in [4.78, 5) is 16.5. The van der Waals surface area contributed by atoms with Crippen LogP contribution in [-0.4, -0.2) is 50.8 Å². The molecule has 0 aliphatic carbocycles. The highest BCUT2D eigenvalue weighted by atomic mass is 127. The molecule has 0 radical (unpaired) electrons. The second-order valence-corrected chi connectivity index (χ2v) is 5.95. The van der Waals surface area contributed by atoms with E-state index >= 15 is 0 Å². The Kier molecular flexibility index (Phi) is 10.8. The minimum absolute atomic E-state index is 0. The molecule has 7 heteroatoms. The second-order valence-electron chi connectivity index (χ2n) is 5.95. The zero-order chi connectivity index (χ0) is 15.7. The van der Waals surface area contributed by atoms with Crippen LogP contribution in [0.3, 0.4) is 0 Å². The maximum atomic E-state index is 12.0. The number of aliphatic imine (C=N–C) groups is 1. The van der Waals surface area contributed by atoms with E-state index in [9.17, 15) is 4.79 Å². The van der Waals surface area contributed by atoms with Crippen molar-refractivity contribution < 1.29 is 9.53 Å². The molecule has 130 valence electrons.